The van der Waals surface area contributed by atoms with Crippen molar-refractivity contribution in [2.45, 2.75) is 13.2 Å². The van der Waals surface area contributed by atoms with Gasteiger partial charge in [0.2, 0.25) is 0 Å². The van der Waals surface area contributed by atoms with E-state index in [-0.39, 0.29) is 12.3 Å². The van der Waals surface area contributed by atoms with Crippen molar-refractivity contribution in [1.82, 2.24) is 4.98 Å². The van der Waals surface area contributed by atoms with E-state index in [1.54, 1.807) is 24.4 Å². The molecular formula is C13H10Cl2F2N2O. The Balaban J connectivity index is 2.11. The lowest BCUT2D eigenvalue weighted by Gasteiger charge is -2.12. The van der Waals surface area contributed by atoms with E-state index in [1.807, 2.05) is 0 Å². The minimum absolute atomic E-state index is 0.0822. The van der Waals surface area contributed by atoms with Crippen LogP contribution in [0.4, 0.5) is 14.5 Å². The van der Waals surface area contributed by atoms with Crippen molar-refractivity contribution in [3.63, 3.8) is 0 Å². The second kappa shape index (κ2) is 6.72. The molecular weight excluding hydrogens is 309 g/mol. The zero-order valence-electron chi connectivity index (χ0n) is 10.1. The normalized spacial score (nSPS) is 10.7. The van der Waals surface area contributed by atoms with Crippen molar-refractivity contribution in [2.75, 3.05) is 5.32 Å². The summed E-state index contributed by atoms with van der Waals surface area (Å²) in [4.78, 5) is 3.91. The molecule has 0 aliphatic heterocycles. The van der Waals surface area contributed by atoms with E-state index in [9.17, 15) is 8.78 Å². The van der Waals surface area contributed by atoms with Crippen molar-refractivity contribution in [2.24, 2.45) is 0 Å². The van der Waals surface area contributed by atoms with E-state index >= 15 is 0 Å². The van der Waals surface area contributed by atoms with Crippen LogP contribution >= 0.6 is 23.2 Å². The van der Waals surface area contributed by atoms with Gasteiger partial charge in [-0.15, -0.1) is 0 Å². The Morgan fingerprint density at radius 2 is 2.00 bits per heavy atom. The fraction of sp³-hybridized carbons (Fsp3) is 0.154. The molecule has 0 saturated carbocycles. The second-order valence-corrected chi connectivity index (χ2v) is 4.68. The quantitative estimate of drug-likeness (QED) is 0.818. The fourth-order valence-corrected chi connectivity index (χ4v) is 1.88. The number of ether oxygens (including phenoxy) is 1. The highest BCUT2D eigenvalue weighted by atomic mass is 35.5. The number of hydrogen-bond donors (Lipinski definition) is 1. The number of benzene rings is 1. The molecule has 7 heteroatoms. The summed E-state index contributed by atoms with van der Waals surface area (Å²) in [6.45, 7) is -2.61. The van der Waals surface area contributed by atoms with Crippen molar-refractivity contribution in [1.29, 1.82) is 0 Å². The molecule has 0 atom stereocenters. The maximum atomic E-state index is 12.3. The lowest BCUT2D eigenvalue weighted by molar-refractivity contribution is -0.0504. The molecule has 2 aromatic rings. The van der Waals surface area contributed by atoms with Crippen LogP contribution in [0.2, 0.25) is 10.2 Å². The Bertz CT molecular complexity index is 579. The number of nitrogens with zero attached hydrogens (tertiary/aromatic N) is 1. The van der Waals surface area contributed by atoms with Gasteiger partial charge in [0.25, 0.3) is 0 Å². The van der Waals surface area contributed by atoms with Crippen LogP contribution in [0, 0.1) is 0 Å². The molecule has 0 aliphatic rings. The summed E-state index contributed by atoms with van der Waals surface area (Å²) in [5.41, 5.74) is 1.23. The van der Waals surface area contributed by atoms with Crippen LogP contribution in [0.1, 0.15) is 5.56 Å². The predicted octanol–water partition coefficient (Wildman–Crippen LogP) is 4.60. The third-order valence-corrected chi connectivity index (χ3v) is 2.91. The van der Waals surface area contributed by atoms with Gasteiger partial charge in [-0.3, -0.25) is 0 Å². The van der Waals surface area contributed by atoms with Crippen molar-refractivity contribution >= 4 is 28.9 Å². The number of rotatable bonds is 5. The summed E-state index contributed by atoms with van der Waals surface area (Å²) < 4.78 is 29.1. The number of pyridine rings is 1. The molecule has 0 spiro atoms. The number of anilines is 1. The van der Waals surface area contributed by atoms with Gasteiger partial charge < -0.3 is 10.1 Å². The molecule has 0 bridgehead atoms. The van der Waals surface area contributed by atoms with Crippen molar-refractivity contribution < 1.29 is 13.5 Å². The Morgan fingerprint density at radius 1 is 1.20 bits per heavy atom. The number of alkyl halides is 2. The van der Waals surface area contributed by atoms with E-state index in [0.29, 0.717) is 21.4 Å². The molecule has 20 heavy (non-hydrogen) atoms. The lowest BCUT2D eigenvalue weighted by Crippen LogP contribution is -2.07. The van der Waals surface area contributed by atoms with Crippen LogP contribution in [0.25, 0.3) is 0 Å². The molecule has 1 N–H and O–H groups in total. The summed E-state index contributed by atoms with van der Waals surface area (Å²) >= 11 is 11.5. The first-order valence-corrected chi connectivity index (χ1v) is 6.39. The SMILES string of the molecule is FC(F)Oc1ccc(Cl)cc1CNc1ccc(Cl)nc1. The van der Waals surface area contributed by atoms with Crippen LogP contribution in [0.15, 0.2) is 36.5 Å². The molecule has 2 rings (SSSR count). The molecule has 1 aromatic carbocycles. The van der Waals surface area contributed by atoms with Gasteiger partial charge in [-0.1, -0.05) is 23.2 Å². The Labute approximate surface area is 124 Å². The van der Waals surface area contributed by atoms with Crippen LogP contribution in [-0.2, 0) is 6.54 Å². The summed E-state index contributed by atoms with van der Waals surface area (Å²) in [6, 6.07) is 7.82. The number of aromatic nitrogens is 1. The maximum Gasteiger partial charge on any atom is 0.387 e. The molecule has 0 radical (unpaired) electrons. The minimum atomic E-state index is -2.88. The maximum absolute atomic E-state index is 12.3. The fourth-order valence-electron chi connectivity index (χ4n) is 1.57. The van der Waals surface area contributed by atoms with Gasteiger partial charge in [0.05, 0.1) is 11.9 Å². The van der Waals surface area contributed by atoms with Crippen LogP contribution < -0.4 is 10.1 Å². The van der Waals surface area contributed by atoms with E-state index < -0.39 is 6.61 Å². The number of nitrogens with one attached hydrogen (secondary N) is 1. The Hall–Kier alpha value is -1.59. The highest BCUT2D eigenvalue weighted by Gasteiger charge is 2.10. The Morgan fingerprint density at radius 3 is 2.65 bits per heavy atom. The molecule has 0 amide bonds. The number of hydrogen-bond acceptors (Lipinski definition) is 3. The molecule has 1 aromatic heterocycles. The smallest absolute Gasteiger partial charge is 0.387 e. The zero-order chi connectivity index (χ0) is 14.5. The molecule has 106 valence electrons. The highest BCUT2D eigenvalue weighted by Crippen LogP contribution is 2.25. The van der Waals surface area contributed by atoms with Gasteiger partial charge in [0.15, 0.2) is 0 Å². The summed E-state index contributed by atoms with van der Waals surface area (Å²) in [5.74, 6) is 0.0822. The molecule has 0 aliphatic carbocycles. The third-order valence-electron chi connectivity index (χ3n) is 2.45. The standard InChI is InChI=1S/C13H10Cl2F2N2O/c14-9-1-3-11(20-13(16)17)8(5-9)6-18-10-2-4-12(15)19-7-10/h1-5,7,13,18H,6H2. The predicted molar refractivity (Wildman–Crippen MR) is 74.7 cm³/mol. The first-order valence-electron chi connectivity index (χ1n) is 5.63. The van der Waals surface area contributed by atoms with Crippen molar-refractivity contribution in [3.8, 4) is 5.75 Å². The van der Waals surface area contributed by atoms with E-state index in [2.05, 4.69) is 15.0 Å². The van der Waals surface area contributed by atoms with Gasteiger partial charge in [0.1, 0.15) is 10.9 Å². The molecule has 0 unspecified atom stereocenters. The average molecular weight is 319 g/mol. The third kappa shape index (κ3) is 4.21. The van der Waals surface area contributed by atoms with Crippen LogP contribution in [0.3, 0.4) is 0 Å². The first kappa shape index (κ1) is 14.8. The topological polar surface area (TPSA) is 34.1 Å². The summed E-state index contributed by atoms with van der Waals surface area (Å²) in [7, 11) is 0. The number of halogens is 4. The second-order valence-electron chi connectivity index (χ2n) is 3.85. The lowest BCUT2D eigenvalue weighted by atomic mass is 10.2. The van der Waals surface area contributed by atoms with Crippen molar-refractivity contribution in [3.05, 3.63) is 52.3 Å². The van der Waals surface area contributed by atoms with Gasteiger partial charge in [-0.05, 0) is 30.3 Å². The van der Waals surface area contributed by atoms with Gasteiger partial charge in [-0.2, -0.15) is 8.78 Å². The van der Waals surface area contributed by atoms with Gasteiger partial charge in [0, 0.05) is 17.1 Å². The summed E-state index contributed by atoms with van der Waals surface area (Å²) in [5, 5.41) is 3.84. The zero-order valence-corrected chi connectivity index (χ0v) is 11.6. The van der Waals surface area contributed by atoms with E-state index in [4.69, 9.17) is 23.2 Å². The monoisotopic (exact) mass is 318 g/mol. The average Bonchev–Trinajstić information content (AvgIpc) is 2.40. The van der Waals surface area contributed by atoms with Crippen LogP contribution in [0.5, 0.6) is 5.75 Å². The molecule has 0 fully saturated rings. The van der Waals surface area contributed by atoms with Gasteiger partial charge >= 0.3 is 6.61 Å². The first-order chi connectivity index (χ1) is 9.54. The van der Waals surface area contributed by atoms with Crippen LogP contribution in [-0.4, -0.2) is 11.6 Å². The Kier molecular flexibility index (Phi) is 4.98. The minimum Gasteiger partial charge on any atom is -0.434 e. The highest BCUT2D eigenvalue weighted by molar-refractivity contribution is 6.30. The molecule has 3 nitrogen and oxygen atoms in total. The van der Waals surface area contributed by atoms with E-state index in [1.165, 1.54) is 12.1 Å². The molecule has 1 heterocycles. The largest absolute Gasteiger partial charge is 0.434 e. The van der Waals surface area contributed by atoms with Gasteiger partial charge in [-0.25, -0.2) is 4.98 Å². The van der Waals surface area contributed by atoms with E-state index in [0.717, 1.165) is 0 Å². The summed E-state index contributed by atoms with van der Waals surface area (Å²) in [6.07, 6.45) is 1.54. The molecule has 0 saturated heterocycles.